The van der Waals surface area contributed by atoms with Gasteiger partial charge in [-0.3, -0.25) is 0 Å². The Balaban J connectivity index is 0.000000320. The van der Waals surface area contributed by atoms with Crippen molar-refractivity contribution in [2.75, 3.05) is 13.2 Å². The Bertz CT molecular complexity index is 935. The highest BCUT2D eigenvalue weighted by Crippen LogP contribution is 2.28. The van der Waals surface area contributed by atoms with E-state index in [2.05, 4.69) is 37.5 Å². The van der Waals surface area contributed by atoms with Gasteiger partial charge in [0.15, 0.2) is 0 Å². The van der Waals surface area contributed by atoms with Crippen LogP contribution >= 0.6 is 0 Å². The van der Waals surface area contributed by atoms with E-state index in [-0.39, 0.29) is 48.8 Å². The lowest BCUT2D eigenvalue weighted by atomic mass is 9.90. The zero-order valence-electron chi connectivity index (χ0n) is 30.8. The third kappa shape index (κ3) is 16.5. The fourth-order valence-corrected chi connectivity index (χ4v) is 6.47. The van der Waals surface area contributed by atoms with E-state index < -0.39 is 0 Å². The summed E-state index contributed by atoms with van der Waals surface area (Å²) in [6.07, 6.45) is 20.9. The molecule has 0 aromatic heterocycles. The van der Waals surface area contributed by atoms with Gasteiger partial charge in [-0.1, -0.05) is 59.8 Å². The molecule has 276 valence electrons. The van der Waals surface area contributed by atoms with Crippen LogP contribution in [0.5, 0.6) is 0 Å². The van der Waals surface area contributed by atoms with E-state index in [0.717, 1.165) is 77.0 Å². The van der Waals surface area contributed by atoms with Crippen molar-refractivity contribution in [3.63, 3.8) is 0 Å². The van der Waals surface area contributed by atoms with E-state index in [1.807, 2.05) is 41.5 Å². The van der Waals surface area contributed by atoms with Gasteiger partial charge >= 0.3 is 0 Å². The van der Waals surface area contributed by atoms with E-state index in [9.17, 15) is 20.4 Å². The average Bonchev–Trinajstić information content (AvgIpc) is 3.09. The highest BCUT2D eigenvalue weighted by molar-refractivity contribution is 5.09. The second kappa shape index (κ2) is 25.7. The van der Waals surface area contributed by atoms with Crippen molar-refractivity contribution < 1.29 is 39.4 Å². The largest absolute Gasteiger partial charge is 0.496 e. The molecule has 48 heavy (non-hydrogen) atoms. The molecule has 8 heteroatoms. The van der Waals surface area contributed by atoms with Gasteiger partial charge in [-0.2, -0.15) is 0 Å². The molecule has 0 aliphatic heterocycles. The molecule has 0 bridgehead atoms. The summed E-state index contributed by atoms with van der Waals surface area (Å²) >= 11 is 0. The van der Waals surface area contributed by atoms with Crippen LogP contribution in [0, 0.1) is 0 Å². The minimum atomic E-state index is -0.327. The summed E-state index contributed by atoms with van der Waals surface area (Å²) in [6.45, 7) is 20.4. The number of allylic oxidation sites excluding steroid dienone is 4. The van der Waals surface area contributed by atoms with Crippen molar-refractivity contribution in [2.24, 2.45) is 0 Å². The minimum absolute atomic E-state index is 0.0682. The summed E-state index contributed by atoms with van der Waals surface area (Å²) in [5.74, 6) is 0. The molecule has 4 N–H and O–H groups in total. The molecular weight excluding hydrogens is 608 g/mol. The van der Waals surface area contributed by atoms with Crippen molar-refractivity contribution in [1.29, 1.82) is 0 Å². The van der Waals surface area contributed by atoms with E-state index in [4.69, 9.17) is 18.9 Å². The lowest BCUT2D eigenvalue weighted by Gasteiger charge is -2.28. The van der Waals surface area contributed by atoms with Gasteiger partial charge < -0.3 is 39.4 Å². The molecule has 4 rings (SSSR count). The van der Waals surface area contributed by atoms with E-state index >= 15 is 0 Å². The summed E-state index contributed by atoms with van der Waals surface area (Å²) in [5, 5.41) is 38.3. The number of hydrogen-bond acceptors (Lipinski definition) is 8. The molecule has 0 saturated heterocycles. The highest BCUT2D eigenvalue weighted by atomic mass is 16.5. The van der Waals surface area contributed by atoms with Gasteiger partial charge in [0.25, 0.3) is 0 Å². The quantitative estimate of drug-likeness (QED) is 0.152. The Kier molecular flexibility index (Phi) is 23.5. The van der Waals surface area contributed by atoms with Crippen LogP contribution in [-0.2, 0) is 18.9 Å². The minimum Gasteiger partial charge on any atom is -0.496 e. The van der Waals surface area contributed by atoms with E-state index in [0.29, 0.717) is 13.2 Å². The molecule has 8 unspecified atom stereocenters. The first-order chi connectivity index (χ1) is 23.1. The zero-order valence-corrected chi connectivity index (χ0v) is 30.8. The van der Waals surface area contributed by atoms with Crippen LogP contribution < -0.4 is 0 Å². The van der Waals surface area contributed by atoms with Gasteiger partial charge in [0, 0.05) is 26.1 Å². The molecule has 0 radical (unpaired) electrons. The Labute approximate surface area is 291 Å². The molecule has 8 nitrogen and oxygen atoms in total. The normalized spacial score (nSPS) is 33.7. The molecule has 0 aromatic rings. The van der Waals surface area contributed by atoms with Gasteiger partial charge in [0.1, 0.15) is 12.2 Å². The predicted molar refractivity (Wildman–Crippen MR) is 195 cm³/mol. The van der Waals surface area contributed by atoms with Crippen LogP contribution in [0.4, 0.5) is 0 Å². The van der Waals surface area contributed by atoms with Gasteiger partial charge in [0.05, 0.1) is 49.1 Å². The van der Waals surface area contributed by atoms with Crippen molar-refractivity contribution in [2.45, 2.75) is 167 Å². The molecule has 4 aliphatic carbocycles. The van der Waals surface area contributed by atoms with Gasteiger partial charge in [-0.15, -0.1) is 0 Å². The summed E-state index contributed by atoms with van der Waals surface area (Å²) < 4.78 is 21.2. The summed E-state index contributed by atoms with van der Waals surface area (Å²) in [7, 11) is 0. The Morgan fingerprint density at radius 2 is 0.812 bits per heavy atom. The topological polar surface area (TPSA) is 118 Å². The molecule has 0 aromatic carbocycles. The third-order valence-corrected chi connectivity index (χ3v) is 9.54. The first-order valence-corrected chi connectivity index (χ1v) is 18.1. The van der Waals surface area contributed by atoms with Crippen LogP contribution in [0.3, 0.4) is 0 Å². The fourth-order valence-electron chi connectivity index (χ4n) is 6.47. The van der Waals surface area contributed by atoms with Crippen LogP contribution in [0.2, 0.25) is 0 Å². The summed E-state index contributed by atoms with van der Waals surface area (Å²) in [6, 6.07) is 0. The average molecular weight is 677 g/mol. The summed E-state index contributed by atoms with van der Waals surface area (Å²) in [4.78, 5) is 0. The van der Waals surface area contributed by atoms with Gasteiger partial charge in [-0.25, -0.2) is 0 Å². The molecule has 8 atom stereocenters. The predicted octanol–water partition coefficient (Wildman–Crippen LogP) is 7.78. The maximum absolute atomic E-state index is 9.64. The molecule has 4 saturated carbocycles. The van der Waals surface area contributed by atoms with Gasteiger partial charge in [-0.05, 0) is 106 Å². The maximum atomic E-state index is 9.64. The molecule has 0 heterocycles. The maximum Gasteiger partial charge on any atom is 0.127 e. The van der Waals surface area contributed by atoms with Crippen LogP contribution in [0.1, 0.15) is 119 Å². The molecule has 4 fully saturated rings. The van der Waals surface area contributed by atoms with Crippen molar-refractivity contribution >= 4 is 0 Å². The first kappa shape index (κ1) is 43.8. The van der Waals surface area contributed by atoms with Crippen molar-refractivity contribution in [3.8, 4) is 0 Å². The Hall–Kier alpha value is -2.20. The second-order valence-electron chi connectivity index (χ2n) is 12.7. The SMILES string of the molecule is C/C=C1/CCC(OCC)C(O)C1.C/C=C1\CCC(OCC)C(O)C1.C=COC1C/C(=C/C)CCC1O.C=COC1C/C(=C\C)CCC1O. The van der Waals surface area contributed by atoms with Crippen molar-refractivity contribution in [1.82, 2.24) is 0 Å². The number of aliphatic hydroxyl groups excluding tert-OH is 4. The number of rotatable bonds is 8. The number of hydrogen-bond donors (Lipinski definition) is 4. The van der Waals surface area contributed by atoms with E-state index in [1.165, 1.54) is 34.8 Å². The molecule has 0 spiro atoms. The molecule has 0 amide bonds. The summed E-state index contributed by atoms with van der Waals surface area (Å²) in [5.41, 5.74) is 5.45. The molecular formula is C40H68O8. The van der Waals surface area contributed by atoms with Gasteiger partial charge in [0.2, 0.25) is 0 Å². The third-order valence-electron chi connectivity index (χ3n) is 9.54. The van der Waals surface area contributed by atoms with Crippen molar-refractivity contribution in [3.05, 3.63) is 72.3 Å². The van der Waals surface area contributed by atoms with Crippen LogP contribution in [-0.4, -0.2) is 82.5 Å². The monoisotopic (exact) mass is 676 g/mol. The Morgan fingerprint density at radius 3 is 1.08 bits per heavy atom. The second-order valence-corrected chi connectivity index (χ2v) is 12.7. The van der Waals surface area contributed by atoms with E-state index in [1.54, 1.807) is 0 Å². The standard InChI is InChI=1S/2C10H18O2.2C10H16O2/c2*1-3-8-5-6-10(12-4-2)9(11)7-8;2*1-3-8-5-6-9(11)10(7-8)12-4-2/h2*3,9-11H,4-7H2,1-2H3;2*3-4,9-11H,2,5-7H2,1H3/b8-3+;8-3-;8-3+;8-3-. The van der Waals surface area contributed by atoms with Crippen LogP contribution in [0.25, 0.3) is 0 Å². The highest BCUT2D eigenvalue weighted by Gasteiger charge is 2.28. The number of aliphatic hydroxyl groups is 4. The molecule has 4 aliphatic rings. The Morgan fingerprint density at radius 1 is 0.500 bits per heavy atom. The van der Waals surface area contributed by atoms with Crippen LogP contribution in [0.15, 0.2) is 72.3 Å². The first-order valence-electron chi connectivity index (χ1n) is 18.1. The lowest BCUT2D eigenvalue weighted by Crippen LogP contribution is -2.33. The zero-order chi connectivity index (χ0) is 35.9. The lowest BCUT2D eigenvalue weighted by molar-refractivity contribution is -0.0446. The fraction of sp³-hybridized carbons (Fsp3) is 0.700. The smallest absolute Gasteiger partial charge is 0.127 e. The number of ether oxygens (including phenoxy) is 4.